The van der Waals surface area contributed by atoms with Crippen LogP contribution in [0.5, 0.6) is 0 Å². The molecule has 0 N–H and O–H groups in total. The zero-order valence-electron chi connectivity index (χ0n) is 9.23. The first-order valence-corrected chi connectivity index (χ1v) is 6.75. The van der Waals surface area contributed by atoms with Crippen LogP contribution < -0.4 is 0 Å². The highest BCUT2D eigenvalue weighted by Crippen LogP contribution is 2.46. The van der Waals surface area contributed by atoms with Crippen molar-refractivity contribution >= 4 is 11.3 Å². The Labute approximate surface area is 100 Å². The highest BCUT2D eigenvalue weighted by molar-refractivity contribution is 7.09. The van der Waals surface area contributed by atoms with Gasteiger partial charge in [0.05, 0.1) is 0 Å². The van der Waals surface area contributed by atoms with E-state index in [0.717, 1.165) is 0 Å². The molecule has 0 saturated heterocycles. The molecule has 16 heavy (non-hydrogen) atoms. The van der Waals surface area contributed by atoms with E-state index in [1.165, 1.54) is 36.3 Å². The first-order chi connectivity index (χ1) is 7.92. The SMILES string of the molecule is c1ccc(C2(c3nccs3)CCCC2)cc1. The second-order valence-corrected chi connectivity index (χ2v) is 5.39. The fraction of sp³-hybridized carbons (Fsp3) is 0.357. The predicted octanol–water partition coefficient (Wildman–Crippen LogP) is 4.00. The molecule has 0 radical (unpaired) electrons. The number of thiazole rings is 1. The quantitative estimate of drug-likeness (QED) is 0.758. The molecule has 0 amide bonds. The number of benzene rings is 1. The van der Waals surface area contributed by atoms with E-state index >= 15 is 0 Å². The van der Waals surface area contributed by atoms with Crippen LogP contribution in [0.15, 0.2) is 41.9 Å². The van der Waals surface area contributed by atoms with Crippen molar-refractivity contribution < 1.29 is 0 Å². The first kappa shape index (κ1) is 10.0. The summed E-state index contributed by atoms with van der Waals surface area (Å²) in [7, 11) is 0. The van der Waals surface area contributed by atoms with Crippen LogP contribution in [0.3, 0.4) is 0 Å². The highest BCUT2D eigenvalue weighted by atomic mass is 32.1. The van der Waals surface area contributed by atoms with Crippen LogP contribution >= 0.6 is 11.3 Å². The van der Waals surface area contributed by atoms with Gasteiger partial charge in [0.25, 0.3) is 0 Å². The average molecular weight is 229 g/mol. The normalized spacial score (nSPS) is 18.8. The Morgan fingerprint density at radius 3 is 2.44 bits per heavy atom. The minimum absolute atomic E-state index is 0.218. The summed E-state index contributed by atoms with van der Waals surface area (Å²) in [5.74, 6) is 0. The summed E-state index contributed by atoms with van der Waals surface area (Å²) in [5, 5.41) is 3.40. The molecule has 0 spiro atoms. The lowest BCUT2D eigenvalue weighted by Gasteiger charge is -2.27. The van der Waals surface area contributed by atoms with Crippen molar-refractivity contribution in [2.24, 2.45) is 0 Å². The van der Waals surface area contributed by atoms with E-state index < -0.39 is 0 Å². The Morgan fingerprint density at radius 2 is 1.81 bits per heavy atom. The molecule has 1 saturated carbocycles. The first-order valence-electron chi connectivity index (χ1n) is 5.87. The third kappa shape index (κ3) is 1.49. The minimum Gasteiger partial charge on any atom is -0.249 e. The summed E-state index contributed by atoms with van der Waals surface area (Å²) in [6.07, 6.45) is 7.10. The second kappa shape index (κ2) is 4.02. The molecule has 1 fully saturated rings. The Bertz CT molecular complexity index is 441. The molecule has 1 nitrogen and oxygen atoms in total. The lowest BCUT2D eigenvalue weighted by Crippen LogP contribution is -2.23. The molecule has 82 valence electrons. The molecule has 2 aromatic rings. The highest BCUT2D eigenvalue weighted by Gasteiger charge is 2.39. The topological polar surface area (TPSA) is 12.9 Å². The van der Waals surface area contributed by atoms with E-state index in [0.29, 0.717) is 0 Å². The predicted molar refractivity (Wildman–Crippen MR) is 67.8 cm³/mol. The molecular formula is C14H15NS. The van der Waals surface area contributed by atoms with E-state index in [1.54, 1.807) is 11.3 Å². The molecule has 0 bridgehead atoms. The maximum Gasteiger partial charge on any atom is 0.103 e. The summed E-state index contributed by atoms with van der Waals surface area (Å²) in [4.78, 5) is 4.57. The van der Waals surface area contributed by atoms with Crippen molar-refractivity contribution in [1.29, 1.82) is 0 Å². The van der Waals surface area contributed by atoms with Crippen LogP contribution in [0.25, 0.3) is 0 Å². The van der Waals surface area contributed by atoms with Gasteiger partial charge in [-0.2, -0.15) is 0 Å². The third-order valence-corrected chi connectivity index (χ3v) is 4.60. The zero-order valence-corrected chi connectivity index (χ0v) is 10.0. The second-order valence-electron chi connectivity index (χ2n) is 4.49. The van der Waals surface area contributed by atoms with Crippen molar-refractivity contribution in [3.05, 3.63) is 52.5 Å². The zero-order chi connectivity index (χ0) is 10.8. The van der Waals surface area contributed by atoms with Crippen molar-refractivity contribution in [1.82, 2.24) is 4.98 Å². The van der Waals surface area contributed by atoms with Crippen molar-refractivity contribution in [2.45, 2.75) is 31.1 Å². The summed E-state index contributed by atoms with van der Waals surface area (Å²) in [5.41, 5.74) is 1.66. The molecule has 0 aliphatic heterocycles. The van der Waals surface area contributed by atoms with Gasteiger partial charge in [0.15, 0.2) is 0 Å². The number of rotatable bonds is 2. The number of aromatic nitrogens is 1. The largest absolute Gasteiger partial charge is 0.249 e. The summed E-state index contributed by atoms with van der Waals surface area (Å²) < 4.78 is 0. The van der Waals surface area contributed by atoms with Gasteiger partial charge in [-0.1, -0.05) is 43.2 Å². The van der Waals surface area contributed by atoms with Crippen LogP contribution in [-0.4, -0.2) is 4.98 Å². The summed E-state index contributed by atoms with van der Waals surface area (Å²) >= 11 is 1.80. The lowest BCUT2D eigenvalue weighted by molar-refractivity contribution is 0.532. The van der Waals surface area contributed by atoms with Gasteiger partial charge in [-0.15, -0.1) is 11.3 Å². The molecule has 2 heteroatoms. The van der Waals surface area contributed by atoms with Gasteiger partial charge in [-0.05, 0) is 18.4 Å². The Hall–Kier alpha value is -1.15. The molecule has 0 unspecified atom stereocenters. The van der Waals surface area contributed by atoms with Gasteiger partial charge in [-0.3, -0.25) is 0 Å². The lowest BCUT2D eigenvalue weighted by atomic mass is 9.79. The van der Waals surface area contributed by atoms with Crippen molar-refractivity contribution in [3.8, 4) is 0 Å². The summed E-state index contributed by atoms with van der Waals surface area (Å²) in [6.45, 7) is 0. The third-order valence-electron chi connectivity index (χ3n) is 3.63. The van der Waals surface area contributed by atoms with Gasteiger partial charge in [0.1, 0.15) is 5.01 Å². The van der Waals surface area contributed by atoms with Crippen LogP contribution in [0.2, 0.25) is 0 Å². The van der Waals surface area contributed by atoms with Crippen LogP contribution in [-0.2, 0) is 5.41 Å². The fourth-order valence-corrected chi connectivity index (χ4v) is 3.74. The number of nitrogens with zero attached hydrogens (tertiary/aromatic N) is 1. The Kier molecular flexibility index (Phi) is 2.52. The maximum atomic E-state index is 4.57. The van der Waals surface area contributed by atoms with Gasteiger partial charge in [-0.25, -0.2) is 4.98 Å². The standard InChI is InChI=1S/C14H15NS/c1-2-6-12(7-3-1)14(8-4-5-9-14)13-15-10-11-16-13/h1-3,6-7,10-11H,4-5,8-9H2. The van der Waals surface area contributed by atoms with Crippen LogP contribution in [0, 0.1) is 0 Å². The van der Waals surface area contributed by atoms with Crippen molar-refractivity contribution in [3.63, 3.8) is 0 Å². The number of hydrogen-bond donors (Lipinski definition) is 0. The molecule has 1 aliphatic carbocycles. The summed E-state index contributed by atoms with van der Waals surface area (Å²) in [6, 6.07) is 10.9. The number of hydrogen-bond acceptors (Lipinski definition) is 2. The van der Waals surface area contributed by atoms with E-state index in [4.69, 9.17) is 0 Å². The van der Waals surface area contributed by atoms with Crippen LogP contribution in [0.1, 0.15) is 36.3 Å². The monoisotopic (exact) mass is 229 g/mol. The fourth-order valence-electron chi connectivity index (χ4n) is 2.82. The van der Waals surface area contributed by atoms with Crippen molar-refractivity contribution in [2.75, 3.05) is 0 Å². The van der Waals surface area contributed by atoms with E-state index in [9.17, 15) is 0 Å². The molecule has 1 aromatic heterocycles. The Balaban J connectivity index is 2.11. The average Bonchev–Trinajstić information content (AvgIpc) is 3.02. The molecule has 3 rings (SSSR count). The molecule has 1 aromatic carbocycles. The maximum absolute atomic E-state index is 4.57. The molecule has 1 heterocycles. The minimum atomic E-state index is 0.218. The van der Waals surface area contributed by atoms with Crippen LogP contribution in [0.4, 0.5) is 0 Å². The van der Waals surface area contributed by atoms with Gasteiger partial charge >= 0.3 is 0 Å². The molecule has 1 aliphatic rings. The van der Waals surface area contributed by atoms with E-state index in [1.807, 2.05) is 6.20 Å². The molecule has 0 atom stereocenters. The van der Waals surface area contributed by atoms with E-state index in [-0.39, 0.29) is 5.41 Å². The Morgan fingerprint density at radius 1 is 1.06 bits per heavy atom. The smallest absolute Gasteiger partial charge is 0.103 e. The van der Waals surface area contributed by atoms with Gasteiger partial charge in [0.2, 0.25) is 0 Å². The molecular weight excluding hydrogens is 214 g/mol. The van der Waals surface area contributed by atoms with Gasteiger partial charge in [0, 0.05) is 17.0 Å². The van der Waals surface area contributed by atoms with E-state index in [2.05, 4.69) is 40.7 Å². The van der Waals surface area contributed by atoms with Gasteiger partial charge < -0.3 is 0 Å².